The summed E-state index contributed by atoms with van der Waals surface area (Å²) in [4.78, 5) is 3.36. The van der Waals surface area contributed by atoms with Gasteiger partial charge in [0, 0.05) is 0 Å². The minimum absolute atomic E-state index is 0.861. The molecule has 96 valence electrons. The fraction of sp³-hybridized carbons (Fsp3) is 0.429. The van der Waals surface area contributed by atoms with Gasteiger partial charge in [-0.25, -0.2) is 0 Å². The highest BCUT2D eigenvalue weighted by Crippen LogP contribution is 2.09. The van der Waals surface area contributed by atoms with E-state index < -0.39 is 0 Å². The van der Waals surface area contributed by atoms with E-state index in [4.69, 9.17) is 4.74 Å². The molecule has 1 aromatic rings. The lowest BCUT2D eigenvalue weighted by molar-refractivity contribution is -0.459. The van der Waals surface area contributed by atoms with E-state index in [0.29, 0.717) is 0 Å². The second-order valence-corrected chi connectivity index (χ2v) is 4.36. The van der Waals surface area contributed by atoms with Gasteiger partial charge in [-0.15, -0.1) is 0 Å². The van der Waals surface area contributed by atoms with Crippen LogP contribution in [0.1, 0.15) is 31.2 Å². The summed E-state index contributed by atoms with van der Waals surface area (Å²) in [5, 5.41) is 4.25. The van der Waals surface area contributed by atoms with E-state index in [-0.39, 0.29) is 0 Å². The molecule has 0 saturated heterocycles. The third-order valence-electron chi connectivity index (χ3n) is 2.97. The van der Waals surface area contributed by atoms with Crippen LogP contribution < -0.4 is 15.2 Å². The van der Waals surface area contributed by atoms with Crippen molar-refractivity contribution in [2.75, 3.05) is 13.7 Å². The molecule has 0 spiro atoms. The largest absolute Gasteiger partial charge is 0.497 e. The second-order valence-electron chi connectivity index (χ2n) is 4.36. The van der Waals surface area contributed by atoms with Gasteiger partial charge in [-0.05, 0) is 49.1 Å². The number of hydrogen-bond donors (Lipinski definition) is 2. The first-order chi connectivity index (χ1) is 8.88. The van der Waals surface area contributed by atoms with E-state index in [2.05, 4.69) is 15.5 Å². The van der Waals surface area contributed by atoms with Crippen molar-refractivity contribution in [2.24, 2.45) is 5.10 Å². The van der Waals surface area contributed by atoms with E-state index in [1.165, 1.54) is 19.3 Å². The zero-order valence-corrected chi connectivity index (χ0v) is 10.8. The van der Waals surface area contributed by atoms with Crippen LogP contribution in [0.4, 0.5) is 0 Å². The maximum absolute atomic E-state index is 5.11. The third kappa shape index (κ3) is 3.87. The van der Waals surface area contributed by atoms with Gasteiger partial charge in [0.1, 0.15) is 5.75 Å². The van der Waals surface area contributed by atoms with Gasteiger partial charge in [0.05, 0.1) is 26.3 Å². The topological polar surface area (TPSA) is 47.6 Å². The smallest absolute Gasteiger partial charge is 0.267 e. The zero-order valence-electron chi connectivity index (χ0n) is 10.8. The molecular formula is C14H20N3O+. The minimum atomic E-state index is 0.861. The zero-order chi connectivity index (χ0) is 12.6. The van der Waals surface area contributed by atoms with Crippen molar-refractivity contribution in [1.82, 2.24) is 5.43 Å². The van der Waals surface area contributed by atoms with Crippen LogP contribution in [0.3, 0.4) is 0 Å². The van der Waals surface area contributed by atoms with E-state index in [1.54, 1.807) is 7.11 Å². The molecule has 0 aliphatic carbocycles. The molecular weight excluding hydrogens is 226 g/mol. The van der Waals surface area contributed by atoms with Crippen LogP contribution in [-0.2, 0) is 0 Å². The van der Waals surface area contributed by atoms with Gasteiger partial charge in [-0.1, -0.05) is 5.10 Å². The summed E-state index contributed by atoms with van der Waals surface area (Å²) in [5.41, 5.74) is 4.14. The van der Waals surface area contributed by atoms with Crippen LogP contribution in [0.25, 0.3) is 0 Å². The molecule has 18 heavy (non-hydrogen) atoms. The van der Waals surface area contributed by atoms with Crippen LogP contribution >= 0.6 is 0 Å². The minimum Gasteiger partial charge on any atom is -0.497 e. The Morgan fingerprint density at radius 1 is 1.22 bits per heavy atom. The Morgan fingerprint density at radius 3 is 2.83 bits per heavy atom. The molecule has 0 amide bonds. The normalized spacial score (nSPS) is 16.2. The van der Waals surface area contributed by atoms with E-state index in [1.807, 2.05) is 30.5 Å². The molecule has 4 heteroatoms. The summed E-state index contributed by atoms with van der Waals surface area (Å²) in [7, 11) is 1.67. The number of amidine groups is 1. The average molecular weight is 246 g/mol. The van der Waals surface area contributed by atoms with Crippen LogP contribution in [0.2, 0.25) is 0 Å². The Balaban J connectivity index is 1.87. The lowest BCUT2D eigenvalue weighted by atomic mass is 10.2. The van der Waals surface area contributed by atoms with Crippen LogP contribution in [0, 0.1) is 0 Å². The van der Waals surface area contributed by atoms with Gasteiger partial charge in [0.2, 0.25) is 0 Å². The number of nitrogens with zero attached hydrogens (tertiary/aromatic N) is 1. The fourth-order valence-corrected chi connectivity index (χ4v) is 1.90. The number of hydrazone groups is 1. The van der Waals surface area contributed by atoms with Crippen LogP contribution in [-0.4, -0.2) is 25.7 Å². The lowest BCUT2D eigenvalue weighted by Crippen LogP contribution is -2.75. The number of benzene rings is 1. The molecule has 1 heterocycles. The van der Waals surface area contributed by atoms with Crippen molar-refractivity contribution in [2.45, 2.75) is 25.7 Å². The molecule has 0 fully saturated rings. The molecule has 1 aliphatic heterocycles. The Kier molecular flexibility index (Phi) is 4.76. The number of rotatable bonds is 3. The molecule has 4 nitrogen and oxygen atoms in total. The van der Waals surface area contributed by atoms with Gasteiger partial charge in [0.25, 0.3) is 5.84 Å². The average Bonchev–Trinajstić information content (AvgIpc) is 2.68. The van der Waals surface area contributed by atoms with Crippen LogP contribution in [0.5, 0.6) is 5.75 Å². The van der Waals surface area contributed by atoms with Crippen molar-refractivity contribution in [3.05, 3.63) is 29.8 Å². The summed E-state index contributed by atoms with van der Waals surface area (Å²) in [6.07, 6.45) is 6.64. The summed E-state index contributed by atoms with van der Waals surface area (Å²) in [6.45, 7) is 1.04. The summed E-state index contributed by atoms with van der Waals surface area (Å²) >= 11 is 0. The Bertz CT molecular complexity index is 423. The van der Waals surface area contributed by atoms with Crippen molar-refractivity contribution < 1.29 is 9.73 Å². The first-order valence-corrected chi connectivity index (χ1v) is 6.41. The maximum atomic E-state index is 5.11. The van der Waals surface area contributed by atoms with Gasteiger partial charge in [0.15, 0.2) is 0 Å². The predicted octanol–water partition coefficient (Wildman–Crippen LogP) is 0.672. The van der Waals surface area contributed by atoms with Crippen molar-refractivity contribution in [3.8, 4) is 5.75 Å². The molecule has 0 unspecified atom stereocenters. The second kappa shape index (κ2) is 6.79. The Labute approximate surface area is 108 Å². The highest BCUT2D eigenvalue weighted by Gasteiger charge is 2.07. The fourth-order valence-electron chi connectivity index (χ4n) is 1.90. The lowest BCUT2D eigenvalue weighted by Gasteiger charge is -1.98. The van der Waals surface area contributed by atoms with Crippen molar-refractivity contribution in [1.29, 1.82) is 0 Å². The summed E-state index contributed by atoms with van der Waals surface area (Å²) in [5.74, 6) is 1.98. The molecule has 2 N–H and O–H groups in total. The van der Waals surface area contributed by atoms with Crippen molar-refractivity contribution in [3.63, 3.8) is 0 Å². The van der Waals surface area contributed by atoms with Gasteiger partial charge >= 0.3 is 0 Å². The quantitative estimate of drug-likeness (QED) is 0.608. The predicted molar refractivity (Wildman–Crippen MR) is 73.0 cm³/mol. The Morgan fingerprint density at radius 2 is 2.06 bits per heavy atom. The summed E-state index contributed by atoms with van der Waals surface area (Å²) < 4.78 is 5.11. The molecule has 1 aromatic carbocycles. The van der Waals surface area contributed by atoms with Gasteiger partial charge < -0.3 is 4.74 Å². The highest BCUT2D eigenvalue weighted by molar-refractivity contribution is 5.82. The first-order valence-electron chi connectivity index (χ1n) is 6.41. The molecule has 0 aromatic heterocycles. The third-order valence-corrected chi connectivity index (χ3v) is 2.97. The molecule has 0 radical (unpaired) electrons. The molecule has 0 atom stereocenters. The Hall–Kier alpha value is -1.84. The van der Waals surface area contributed by atoms with E-state index in [0.717, 1.165) is 30.1 Å². The number of ether oxygens (including phenoxy) is 1. The van der Waals surface area contributed by atoms with E-state index >= 15 is 0 Å². The summed E-state index contributed by atoms with van der Waals surface area (Å²) in [6, 6.07) is 7.82. The first kappa shape index (κ1) is 12.6. The SMILES string of the molecule is COc1ccc(/C=N\NC2=[NH+]CCCCC2)cc1. The molecule has 1 aliphatic rings. The number of methoxy groups -OCH3 is 1. The monoisotopic (exact) mass is 246 g/mol. The highest BCUT2D eigenvalue weighted by atomic mass is 16.5. The van der Waals surface area contributed by atoms with E-state index in [9.17, 15) is 0 Å². The van der Waals surface area contributed by atoms with Gasteiger partial charge in [-0.3, -0.25) is 4.99 Å². The van der Waals surface area contributed by atoms with Gasteiger partial charge in [-0.2, -0.15) is 5.43 Å². The molecule has 2 rings (SSSR count). The number of nitrogens with one attached hydrogen (secondary N) is 2. The number of hydrogen-bond acceptors (Lipinski definition) is 3. The molecule has 0 saturated carbocycles. The van der Waals surface area contributed by atoms with Crippen molar-refractivity contribution >= 4 is 12.1 Å². The standard InChI is InChI=1S/C14H19N3O/c1-18-13-8-6-12(7-9-13)11-16-17-14-5-3-2-4-10-15-14/h6-9,11H,2-5,10H2,1H3,(H,15,17)/p+1/b16-11-. The maximum Gasteiger partial charge on any atom is 0.267 e. The molecule has 0 bridgehead atoms. The van der Waals surface area contributed by atoms with Crippen LogP contribution in [0.15, 0.2) is 29.4 Å².